The molecule has 0 spiro atoms. The summed E-state index contributed by atoms with van der Waals surface area (Å²) in [5, 5.41) is 2.99. The summed E-state index contributed by atoms with van der Waals surface area (Å²) in [4.78, 5) is 12.7. The second-order valence-corrected chi connectivity index (χ2v) is 5.56. The number of rotatable bonds is 2. The molecule has 3 N–H and O–H groups in total. The van der Waals surface area contributed by atoms with E-state index < -0.39 is 0 Å². The molecule has 0 aliphatic rings. The predicted octanol–water partition coefficient (Wildman–Crippen LogP) is 4.06. The second kappa shape index (κ2) is 5.60. The van der Waals surface area contributed by atoms with Crippen molar-refractivity contribution in [3.8, 4) is 0 Å². The van der Waals surface area contributed by atoms with Crippen molar-refractivity contribution in [2.45, 2.75) is 34.6 Å². The Morgan fingerprint density at radius 3 is 2.14 bits per heavy atom. The summed E-state index contributed by atoms with van der Waals surface area (Å²) in [5.74, 6) is -0.103. The van der Waals surface area contributed by atoms with E-state index in [2.05, 4.69) is 5.32 Å². The first-order chi connectivity index (χ1) is 9.84. The van der Waals surface area contributed by atoms with Crippen molar-refractivity contribution < 1.29 is 4.79 Å². The Balaban J connectivity index is 2.48. The lowest BCUT2D eigenvalue weighted by Gasteiger charge is -2.18. The van der Waals surface area contributed by atoms with Gasteiger partial charge < -0.3 is 11.1 Å². The van der Waals surface area contributed by atoms with Gasteiger partial charge in [0.1, 0.15) is 0 Å². The molecule has 0 aliphatic heterocycles. The van der Waals surface area contributed by atoms with E-state index in [1.807, 2.05) is 58.9 Å². The summed E-state index contributed by atoms with van der Waals surface area (Å²) < 4.78 is 0. The van der Waals surface area contributed by atoms with Gasteiger partial charge in [0.15, 0.2) is 0 Å². The molecule has 0 radical (unpaired) electrons. The summed E-state index contributed by atoms with van der Waals surface area (Å²) in [7, 11) is 0. The van der Waals surface area contributed by atoms with Gasteiger partial charge in [0.05, 0.1) is 0 Å². The Morgan fingerprint density at radius 1 is 0.905 bits per heavy atom. The van der Waals surface area contributed by atoms with Gasteiger partial charge in [0, 0.05) is 16.9 Å². The fourth-order valence-electron chi connectivity index (χ4n) is 2.61. The zero-order chi connectivity index (χ0) is 15.7. The van der Waals surface area contributed by atoms with E-state index in [0.717, 1.165) is 33.5 Å². The smallest absolute Gasteiger partial charge is 0.256 e. The maximum atomic E-state index is 12.7. The number of hydrogen-bond donors (Lipinski definition) is 2. The first-order valence-corrected chi connectivity index (χ1v) is 7.07. The number of benzene rings is 2. The molecule has 2 rings (SSSR count). The minimum Gasteiger partial charge on any atom is -0.398 e. The van der Waals surface area contributed by atoms with Crippen molar-refractivity contribution in [1.29, 1.82) is 0 Å². The lowest BCUT2D eigenvalue weighted by Crippen LogP contribution is -2.18. The third-order valence-electron chi connectivity index (χ3n) is 4.30. The molecule has 0 heterocycles. The van der Waals surface area contributed by atoms with E-state index in [1.165, 1.54) is 0 Å². The first kappa shape index (κ1) is 15.1. The largest absolute Gasteiger partial charge is 0.398 e. The molecule has 0 aromatic heterocycles. The van der Waals surface area contributed by atoms with Gasteiger partial charge in [0.2, 0.25) is 0 Å². The highest BCUT2D eigenvalue weighted by molar-refractivity contribution is 6.07. The van der Waals surface area contributed by atoms with Gasteiger partial charge >= 0.3 is 0 Å². The molecule has 0 fully saturated rings. The van der Waals surface area contributed by atoms with Gasteiger partial charge in [-0.05, 0) is 68.5 Å². The van der Waals surface area contributed by atoms with Crippen LogP contribution >= 0.6 is 0 Å². The Hall–Kier alpha value is -2.29. The third-order valence-corrected chi connectivity index (χ3v) is 4.30. The molecular formula is C18H22N2O. The Kier molecular flexibility index (Phi) is 4.03. The number of carbonyl (C=O) groups is 1. The molecule has 0 bridgehead atoms. The van der Waals surface area contributed by atoms with Crippen LogP contribution in [0.1, 0.15) is 38.2 Å². The standard InChI is InChI=1S/C18H22N2O/c1-10-8-6-7-9-15(10)20-18(21)16-12(3)11(2)13(4)17(19)14(16)5/h6-9H,19H2,1-5H3,(H,20,21). The van der Waals surface area contributed by atoms with E-state index in [9.17, 15) is 4.79 Å². The number of nitrogens with two attached hydrogens (primary N) is 1. The van der Waals surface area contributed by atoms with Gasteiger partial charge in [-0.3, -0.25) is 4.79 Å². The molecule has 3 heteroatoms. The lowest BCUT2D eigenvalue weighted by molar-refractivity contribution is 0.102. The van der Waals surface area contributed by atoms with Crippen molar-refractivity contribution in [2.75, 3.05) is 11.1 Å². The van der Waals surface area contributed by atoms with E-state index in [1.54, 1.807) is 0 Å². The minimum atomic E-state index is -0.103. The van der Waals surface area contributed by atoms with Crippen molar-refractivity contribution in [3.63, 3.8) is 0 Å². The zero-order valence-electron chi connectivity index (χ0n) is 13.3. The SMILES string of the molecule is Cc1ccccc1NC(=O)c1c(C)c(C)c(C)c(N)c1C. The van der Waals surface area contributed by atoms with Crippen LogP contribution in [0.3, 0.4) is 0 Å². The molecule has 2 aromatic rings. The maximum Gasteiger partial charge on any atom is 0.256 e. The number of nitrogens with one attached hydrogen (secondary N) is 1. The van der Waals surface area contributed by atoms with E-state index in [4.69, 9.17) is 5.73 Å². The molecule has 110 valence electrons. The highest BCUT2D eigenvalue weighted by atomic mass is 16.1. The highest BCUT2D eigenvalue weighted by Gasteiger charge is 2.19. The zero-order valence-corrected chi connectivity index (χ0v) is 13.3. The van der Waals surface area contributed by atoms with Crippen LogP contribution in [0.25, 0.3) is 0 Å². The summed E-state index contributed by atoms with van der Waals surface area (Å²) in [6.45, 7) is 9.85. The number of carbonyl (C=O) groups excluding carboxylic acids is 1. The molecule has 2 aromatic carbocycles. The van der Waals surface area contributed by atoms with E-state index >= 15 is 0 Å². The van der Waals surface area contributed by atoms with Crippen LogP contribution in [0.5, 0.6) is 0 Å². The molecule has 0 saturated carbocycles. The summed E-state index contributed by atoms with van der Waals surface area (Å²) in [6.07, 6.45) is 0. The normalized spacial score (nSPS) is 10.5. The van der Waals surface area contributed by atoms with Crippen LogP contribution < -0.4 is 11.1 Å². The molecule has 21 heavy (non-hydrogen) atoms. The average molecular weight is 282 g/mol. The fraction of sp³-hybridized carbons (Fsp3) is 0.278. The summed E-state index contributed by atoms with van der Waals surface area (Å²) in [6, 6.07) is 7.75. The van der Waals surface area contributed by atoms with Gasteiger partial charge in [-0.2, -0.15) is 0 Å². The maximum absolute atomic E-state index is 12.7. The molecule has 0 aliphatic carbocycles. The summed E-state index contributed by atoms with van der Waals surface area (Å²) >= 11 is 0. The molecule has 1 amide bonds. The van der Waals surface area contributed by atoms with Crippen molar-refractivity contribution in [2.24, 2.45) is 0 Å². The molecule has 3 nitrogen and oxygen atoms in total. The van der Waals surface area contributed by atoms with Crippen LogP contribution in [-0.4, -0.2) is 5.91 Å². The number of nitrogen functional groups attached to an aromatic ring is 1. The van der Waals surface area contributed by atoms with Crippen LogP contribution in [0.15, 0.2) is 24.3 Å². The number of amides is 1. The number of aryl methyl sites for hydroxylation is 1. The minimum absolute atomic E-state index is 0.103. The topological polar surface area (TPSA) is 55.1 Å². The van der Waals surface area contributed by atoms with Crippen molar-refractivity contribution in [1.82, 2.24) is 0 Å². The molecular weight excluding hydrogens is 260 g/mol. The first-order valence-electron chi connectivity index (χ1n) is 7.07. The van der Waals surface area contributed by atoms with Crippen LogP contribution in [0, 0.1) is 34.6 Å². The summed E-state index contributed by atoms with van der Waals surface area (Å²) in [5.41, 5.74) is 13.4. The van der Waals surface area contributed by atoms with E-state index in [-0.39, 0.29) is 5.91 Å². The van der Waals surface area contributed by atoms with Crippen molar-refractivity contribution >= 4 is 17.3 Å². The van der Waals surface area contributed by atoms with Gasteiger partial charge in [-0.1, -0.05) is 18.2 Å². The number of para-hydroxylation sites is 1. The highest BCUT2D eigenvalue weighted by Crippen LogP contribution is 2.29. The monoisotopic (exact) mass is 282 g/mol. The Bertz CT molecular complexity index is 688. The van der Waals surface area contributed by atoms with E-state index in [0.29, 0.717) is 11.3 Å². The second-order valence-electron chi connectivity index (χ2n) is 5.56. The van der Waals surface area contributed by atoms with Crippen molar-refractivity contribution in [3.05, 3.63) is 57.6 Å². The molecule has 0 unspecified atom stereocenters. The Labute approximate surface area is 126 Å². The van der Waals surface area contributed by atoms with Gasteiger partial charge in [-0.25, -0.2) is 0 Å². The van der Waals surface area contributed by atoms with Crippen LogP contribution in [0.4, 0.5) is 11.4 Å². The van der Waals surface area contributed by atoms with Gasteiger partial charge in [-0.15, -0.1) is 0 Å². The lowest BCUT2D eigenvalue weighted by atomic mass is 9.92. The van der Waals surface area contributed by atoms with Crippen LogP contribution in [0.2, 0.25) is 0 Å². The van der Waals surface area contributed by atoms with Crippen LogP contribution in [-0.2, 0) is 0 Å². The Morgan fingerprint density at radius 2 is 1.52 bits per heavy atom. The fourth-order valence-corrected chi connectivity index (χ4v) is 2.61. The predicted molar refractivity (Wildman–Crippen MR) is 88.9 cm³/mol. The molecule has 0 atom stereocenters. The number of hydrogen-bond acceptors (Lipinski definition) is 2. The quantitative estimate of drug-likeness (QED) is 0.816. The third kappa shape index (κ3) is 2.64. The molecule has 0 saturated heterocycles. The number of anilines is 2. The van der Waals surface area contributed by atoms with Gasteiger partial charge in [0.25, 0.3) is 5.91 Å². The average Bonchev–Trinajstić information content (AvgIpc) is 2.46.